The third kappa shape index (κ3) is 14.5. The number of carbonyl (C=O) groups is 6. The van der Waals surface area contributed by atoms with Gasteiger partial charge in [-0.05, 0) is 43.0 Å². The van der Waals surface area contributed by atoms with Gasteiger partial charge in [0, 0.05) is 6.42 Å². The molecule has 0 aromatic heterocycles. The molecule has 0 aliphatic carbocycles. The van der Waals surface area contributed by atoms with Crippen LogP contribution in [-0.2, 0) is 35.2 Å². The lowest BCUT2D eigenvalue weighted by molar-refractivity contribution is -0.141. The van der Waals surface area contributed by atoms with Gasteiger partial charge in [-0.1, -0.05) is 69.3 Å². The van der Waals surface area contributed by atoms with Crippen molar-refractivity contribution in [3.05, 3.63) is 35.9 Å². The Kier molecular flexibility index (Phi) is 17.8. The Bertz CT molecular complexity index is 1070. The Morgan fingerprint density at radius 3 is 2.05 bits per heavy atom. The summed E-state index contributed by atoms with van der Waals surface area (Å²) >= 11 is 0.995. The number of benzene rings is 1. The number of thioether (sulfide) groups is 1. The van der Waals surface area contributed by atoms with Gasteiger partial charge in [0.25, 0.3) is 0 Å². The van der Waals surface area contributed by atoms with E-state index in [4.69, 9.17) is 11.5 Å². The standard InChI is InChI=1S/C29H46N6O7S/c1-4-18(3)25(31)29(42)35-21(15-19-11-7-6-8-12-19)28(41)33-20(13-9-10-14-30)27(40)34-22(16-23(36)37)26(39)32-17-24(38)43-5-2/h6-8,11-12,18,20-22,25H,4-5,9-10,13-17,30-31H2,1-3H3,(H,32,39)(H,33,41)(H,34,40)(H,35,42)(H,36,37)/t18-,20-,21-,22-,25-/m0/s1. The Balaban J connectivity index is 3.17. The first-order valence-electron chi connectivity index (χ1n) is 14.5. The van der Waals surface area contributed by atoms with Crippen LogP contribution in [0.25, 0.3) is 0 Å². The molecular formula is C29H46N6O7S. The second-order valence-electron chi connectivity index (χ2n) is 10.2. The highest BCUT2D eigenvalue weighted by atomic mass is 32.2. The van der Waals surface area contributed by atoms with Crippen molar-refractivity contribution < 1.29 is 33.9 Å². The van der Waals surface area contributed by atoms with Crippen LogP contribution in [0.3, 0.4) is 0 Å². The van der Waals surface area contributed by atoms with E-state index in [-0.39, 0.29) is 30.4 Å². The van der Waals surface area contributed by atoms with Gasteiger partial charge in [-0.15, -0.1) is 0 Å². The summed E-state index contributed by atoms with van der Waals surface area (Å²) in [5.74, 6) is -3.77. The molecule has 1 rings (SSSR count). The number of hydrogen-bond donors (Lipinski definition) is 7. The summed E-state index contributed by atoms with van der Waals surface area (Å²) in [7, 11) is 0. The number of aliphatic carboxylic acids is 1. The van der Waals surface area contributed by atoms with Crippen LogP contribution in [0.2, 0.25) is 0 Å². The van der Waals surface area contributed by atoms with E-state index in [0.29, 0.717) is 31.6 Å². The Morgan fingerprint density at radius 2 is 1.47 bits per heavy atom. The van der Waals surface area contributed by atoms with Gasteiger partial charge in [0.2, 0.25) is 28.7 Å². The molecule has 0 unspecified atom stereocenters. The Labute approximate surface area is 257 Å². The molecule has 0 aliphatic heterocycles. The predicted molar refractivity (Wildman–Crippen MR) is 165 cm³/mol. The minimum Gasteiger partial charge on any atom is -0.481 e. The maximum atomic E-state index is 13.5. The smallest absolute Gasteiger partial charge is 0.305 e. The van der Waals surface area contributed by atoms with Gasteiger partial charge < -0.3 is 37.8 Å². The molecule has 0 radical (unpaired) electrons. The second-order valence-corrected chi connectivity index (χ2v) is 11.5. The molecule has 4 amide bonds. The van der Waals surface area contributed by atoms with Crippen molar-refractivity contribution in [3.8, 4) is 0 Å². The van der Waals surface area contributed by atoms with Crippen LogP contribution in [-0.4, -0.2) is 82.8 Å². The normalized spacial score (nSPS) is 14.3. The van der Waals surface area contributed by atoms with Gasteiger partial charge in [-0.25, -0.2) is 0 Å². The van der Waals surface area contributed by atoms with Gasteiger partial charge in [0.05, 0.1) is 19.0 Å². The lowest BCUT2D eigenvalue weighted by Gasteiger charge is -2.26. The minimum absolute atomic E-state index is 0.122. The van der Waals surface area contributed by atoms with E-state index in [1.807, 2.05) is 19.9 Å². The van der Waals surface area contributed by atoms with Crippen LogP contribution in [0.5, 0.6) is 0 Å². The number of carboxylic acid groups (broad SMARTS) is 1. The summed E-state index contributed by atoms with van der Waals surface area (Å²) in [5, 5.41) is 19.1. The van der Waals surface area contributed by atoms with Crippen LogP contribution in [0, 0.1) is 5.92 Å². The molecule has 0 aliphatic rings. The molecule has 0 fully saturated rings. The Hall–Kier alpha value is -3.49. The van der Waals surface area contributed by atoms with E-state index in [1.165, 1.54) is 0 Å². The van der Waals surface area contributed by atoms with Gasteiger partial charge >= 0.3 is 5.97 Å². The topological polar surface area (TPSA) is 223 Å². The van der Waals surface area contributed by atoms with E-state index in [2.05, 4.69) is 21.3 Å². The van der Waals surface area contributed by atoms with E-state index in [1.54, 1.807) is 31.2 Å². The van der Waals surface area contributed by atoms with E-state index < -0.39 is 60.2 Å². The summed E-state index contributed by atoms with van der Waals surface area (Å²) in [5.41, 5.74) is 12.5. The molecule has 0 saturated heterocycles. The number of rotatable bonds is 20. The fraction of sp³-hybridized carbons (Fsp3) is 0.586. The van der Waals surface area contributed by atoms with Crippen LogP contribution in [0.1, 0.15) is 58.4 Å². The van der Waals surface area contributed by atoms with Crippen molar-refractivity contribution in [1.29, 1.82) is 0 Å². The molecule has 5 atom stereocenters. The molecule has 9 N–H and O–H groups in total. The third-order valence-electron chi connectivity index (χ3n) is 6.78. The Morgan fingerprint density at radius 1 is 0.860 bits per heavy atom. The van der Waals surface area contributed by atoms with E-state index >= 15 is 0 Å². The third-order valence-corrected chi connectivity index (χ3v) is 7.53. The number of nitrogens with two attached hydrogens (primary N) is 2. The average molecular weight is 623 g/mol. The quantitative estimate of drug-likeness (QED) is 0.0968. The molecule has 14 heteroatoms. The van der Waals surface area contributed by atoms with E-state index in [0.717, 1.165) is 17.3 Å². The molecule has 43 heavy (non-hydrogen) atoms. The highest BCUT2D eigenvalue weighted by Gasteiger charge is 2.32. The maximum absolute atomic E-state index is 13.5. The number of carbonyl (C=O) groups excluding carboxylic acids is 5. The van der Waals surface area contributed by atoms with Crippen molar-refractivity contribution >= 4 is 46.5 Å². The first-order chi connectivity index (χ1) is 20.4. The molecule has 0 heterocycles. The highest BCUT2D eigenvalue weighted by Crippen LogP contribution is 2.10. The van der Waals surface area contributed by atoms with E-state index in [9.17, 15) is 33.9 Å². The summed E-state index contributed by atoms with van der Waals surface area (Å²) in [4.78, 5) is 75.7. The predicted octanol–water partition coefficient (Wildman–Crippen LogP) is 0.0565. The molecule has 13 nitrogen and oxygen atoms in total. The molecule has 1 aromatic rings. The number of unbranched alkanes of at least 4 members (excludes halogenated alkanes) is 1. The summed E-state index contributed by atoms with van der Waals surface area (Å²) in [6.07, 6.45) is 1.17. The SMILES string of the molecule is CCSC(=O)CNC(=O)[C@H](CC(=O)O)NC(=O)[C@H](CCCCN)NC(=O)[C@H](Cc1ccccc1)NC(=O)[C@@H](N)[C@@H](C)CC. The van der Waals surface area contributed by atoms with Crippen molar-refractivity contribution in [2.24, 2.45) is 17.4 Å². The number of amides is 4. The zero-order valence-corrected chi connectivity index (χ0v) is 25.9. The zero-order chi connectivity index (χ0) is 32.4. The van der Waals surface area contributed by atoms with Gasteiger partial charge in [-0.3, -0.25) is 28.8 Å². The molecule has 240 valence electrons. The zero-order valence-electron chi connectivity index (χ0n) is 25.1. The average Bonchev–Trinajstić information content (AvgIpc) is 2.98. The van der Waals surface area contributed by atoms with Gasteiger partial charge in [-0.2, -0.15) is 0 Å². The van der Waals surface area contributed by atoms with Crippen molar-refractivity contribution in [2.45, 2.75) is 83.5 Å². The largest absolute Gasteiger partial charge is 0.481 e. The number of carboxylic acids is 1. The fourth-order valence-electron chi connectivity index (χ4n) is 4.02. The summed E-state index contributed by atoms with van der Waals surface area (Å²) in [6.45, 7) is 5.51. The van der Waals surface area contributed by atoms with Crippen LogP contribution >= 0.6 is 11.8 Å². The molecule has 0 saturated carbocycles. The van der Waals surface area contributed by atoms with Gasteiger partial charge in [0.1, 0.15) is 18.1 Å². The van der Waals surface area contributed by atoms with Gasteiger partial charge in [0.15, 0.2) is 0 Å². The first-order valence-corrected chi connectivity index (χ1v) is 15.5. The first kappa shape index (κ1) is 37.5. The maximum Gasteiger partial charge on any atom is 0.305 e. The fourth-order valence-corrected chi connectivity index (χ4v) is 4.52. The second kappa shape index (κ2) is 20.4. The summed E-state index contributed by atoms with van der Waals surface area (Å²) < 4.78 is 0. The molecule has 0 spiro atoms. The van der Waals surface area contributed by atoms with Crippen molar-refractivity contribution in [1.82, 2.24) is 21.3 Å². The van der Waals surface area contributed by atoms with Crippen LogP contribution in [0.15, 0.2) is 30.3 Å². The minimum atomic E-state index is -1.49. The van der Waals surface area contributed by atoms with Crippen LogP contribution in [0.4, 0.5) is 0 Å². The number of hydrogen-bond acceptors (Lipinski definition) is 9. The monoisotopic (exact) mass is 622 g/mol. The number of nitrogens with one attached hydrogen (secondary N) is 4. The molecule has 0 bridgehead atoms. The van der Waals surface area contributed by atoms with Crippen molar-refractivity contribution in [3.63, 3.8) is 0 Å². The summed E-state index contributed by atoms with van der Waals surface area (Å²) in [6, 6.07) is 4.41. The molecule has 1 aromatic carbocycles. The lowest BCUT2D eigenvalue weighted by atomic mass is 9.98. The highest BCUT2D eigenvalue weighted by molar-refractivity contribution is 8.13. The lowest BCUT2D eigenvalue weighted by Crippen LogP contribution is -2.58. The molecular weight excluding hydrogens is 576 g/mol. The van der Waals surface area contributed by atoms with Crippen LogP contribution < -0.4 is 32.7 Å². The van der Waals surface area contributed by atoms with Crippen molar-refractivity contribution in [2.75, 3.05) is 18.8 Å².